The fraction of sp³-hybridized carbons (Fsp3) is 0.667. The second kappa shape index (κ2) is 7.58. The van der Waals surface area contributed by atoms with Crippen LogP contribution in [0.5, 0.6) is 0 Å². The molecule has 3 heterocycles. The van der Waals surface area contributed by atoms with Gasteiger partial charge in [-0.3, -0.25) is 18.7 Å². The van der Waals surface area contributed by atoms with Crippen molar-refractivity contribution < 1.29 is 4.79 Å². The summed E-state index contributed by atoms with van der Waals surface area (Å²) >= 11 is 0. The Morgan fingerprint density at radius 1 is 1.15 bits per heavy atom. The highest BCUT2D eigenvalue weighted by Gasteiger charge is 2.28. The summed E-state index contributed by atoms with van der Waals surface area (Å²) in [6.45, 7) is 4.10. The van der Waals surface area contributed by atoms with E-state index in [1.165, 1.54) is 11.6 Å². The van der Waals surface area contributed by atoms with Crippen LogP contribution in [0.25, 0.3) is 11.2 Å². The highest BCUT2D eigenvalue weighted by atomic mass is 16.2. The number of nitrogens with zero attached hydrogens (tertiary/aromatic N) is 5. The van der Waals surface area contributed by atoms with Crippen molar-refractivity contribution in [2.24, 2.45) is 25.7 Å². The van der Waals surface area contributed by atoms with Crippen LogP contribution >= 0.6 is 0 Å². The molecule has 0 atom stereocenters. The average Bonchev–Trinajstić information content (AvgIpc) is 3.04. The molecule has 3 rings (SSSR count). The van der Waals surface area contributed by atoms with Crippen molar-refractivity contribution in [3.05, 3.63) is 20.8 Å². The maximum absolute atomic E-state index is 12.8. The summed E-state index contributed by atoms with van der Waals surface area (Å²) < 4.78 is 4.49. The summed E-state index contributed by atoms with van der Waals surface area (Å²) in [4.78, 5) is 43.3. The summed E-state index contributed by atoms with van der Waals surface area (Å²) in [5, 5.41) is 0. The van der Waals surface area contributed by atoms with Crippen molar-refractivity contribution in [3.8, 4) is 0 Å². The number of hydrogen-bond acceptors (Lipinski definition) is 5. The number of nitrogens with two attached hydrogens (primary N) is 1. The minimum atomic E-state index is -0.385. The zero-order valence-corrected chi connectivity index (χ0v) is 16.3. The van der Waals surface area contributed by atoms with Crippen molar-refractivity contribution in [2.75, 3.05) is 18.0 Å². The number of unbranched alkanes of at least 4 members (excludes halogenated alkanes) is 2. The SMILES string of the molecule is CCCCCn1c(N2CCC(C(N)=O)CC2)nc2c1c(=O)n(C)c(=O)n2C. The number of hydrogen-bond donors (Lipinski definition) is 1. The third-order valence-electron chi connectivity index (χ3n) is 5.49. The van der Waals surface area contributed by atoms with Gasteiger partial charge in [-0.05, 0) is 19.3 Å². The molecule has 9 nitrogen and oxygen atoms in total. The Bertz CT molecular complexity index is 962. The quantitative estimate of drug-likeness (QED) is 0.731. The fourth-order valence-corrected chi connectivity index (χ4v) is 3.77. The number of primary amides is 1. The number of carbonyl (C=O) groups excluding carboxylic acids is 1. The van der Waals surface area contributed by atoms with Gasteiger partial charge in [-0.1, -0.05) is 19.8 Å². The van der Waals surface area contributed by atoms with Crippen molar-refractivity contribution in [1.82, 2.24) is 18.7 Å². The minimum Gasteiger partial charge on any atom is -0.369 e. The summed E-state index contributed by atoms with van der Waals surface area (Å²) in [6, 6.07) is 0. The molecule has 1 aliphatic heterocycles. The lowest BCUT2D eigenvalue weighted by Gasteiger charge is -2.31. The van der Waals surface area contributed by atoms with E-state index in [-0.39, 0.29) is 23.1 Å². The van der Waals surface area contributed by atoms with Crippen molar-refractivity contribution in [3.63, 3.8) is 0 Å². The van der Waals surface area contributed by atoms with Gasteiger partial charge >= 0.3 is 5.69 Å². The predicted molar refractivity (Wildman–Crippen MR) is 104 cm³/mol. The average molecular weight is 376 g/mol. The molecule has 0 unspecified atom stereocenters. The largest absolute Gasteiger partial charge is 0.369 e. The normalized spacial score (nSPS) is 15.6. The van der Waals surface area contributed by atoms with Crippen LogP contribution in [-0.4, -0.2) is 37.7 Å². The second-order valence-electron chi connectivity index (χ2n) is 7.31. The molecular formula is C18H28N6O3. The van der Waals surface area contributed by atoms with Gasteiger partial charge in [0.05, 0.1) is 0 Å². The molecule has 1 fully saturated rings. The Kier molecular flexibility index (Phi) is 5.38. The number of rotatable bonds is 6. The van der Waals surface area contributed by atoms with Gasteiger partial charge in [-0.2, -0.15) is 4.98 Å². The number of imidazole rings is 1. The van der Waals surface area contributed by atoms with Gasteiger partial charge in [0.15, 0.2) is 11.2 Å². The molecule has 0 bridgehead atoms. The molecule has 1 saturated heterocycles. The third-order valence-corrected chi connectivity index (χ3v) is 5.49. The van der Waals surface area contributed by atoms with Crippen LogP contribution in [0.15, 0.2) is 9.59 Å². The minimum absolute atomic E-state index is 0.114. The lowest BCUT2D eigenvalue weighted by Crippen LogP contribution is -2.40. The number of piperidine rings is 1. The standard InChI is InChI=1S/C18H28N6O3/c1-4-5-6-9-24-13-15(21(2)18(27)22(3)16(13)26)20-17(24)23-10-7-12(8-11-23)14(19)25/h12H,4-11H2,1-3H3,(H2,19,25). The Balaban J connectivity index is 2.09. The molecular weight excluding hydrogens is 348 g/mol. The second-order valence-corrected chi connectivity index (χ2v) is 7.31. The van der Waals surface area contributed by atoms with Gasteiger partial charge in [0.1, 0.15) is 0 Å². The first-order valence-corrected chi connectivity index (χ1v) is 9.57. The topological polar surface area (TPSA) is 108 Å². The number of amides is 1. The molecule has 27 heavy (non-hydrogen) atoms. The Labute approximate surface area is 157 Å². The van der Waals surface area contributed by atoms with Crippen LogP contribution in [0.3, 0.4) is 0 Å². The molecule has 0 radical (unpaired) electrons. The highest BCUT2D eigenvalue weighted by molar-refractivity contribution is 5.77. The lowest BCUT2D eigenvalue weighted by atomic mass is 9.96. The van der Waals surface area contributed by atoms with Crippen LogP contribution in [-0.2, 0) is 25.4 Å². The van der Waals surface area contributed by atoms with Crippen molar-refractivity contribution in [1.29, 1.82) is 0 Å². The van der Waals surface area contributed by atoms with Gasteiger partial charge in [-0.15, -0.1) is 0 Å². The Hall–Kier alpha value is -2.58. The molecule has 1 amide bonds. The maximum atomic E-state index is 12.8. The van der Waals surface area contributed by atoms with Crippen LogP contribution < -0.4 is 21.9 Å². The summed E-state index contributed by atoms with van der Waals surface area (Å²) in [7, 11) is 3.13. The Morgan fingerprint density at radius 3 is 2.41 bits per heavy atom. The van der Waals surface area contributed by atoms with Gasteiger partial charge in [0, 0.05) is 39.6 Å². The van der Waals surface area contributed by atoms with E-state index in [2.05, 4.69) is 16.8 Å². The van der Waals surface area contributed by atoms with E-state index >= 15 is 0 Å². The third kappa shape index (κ3) is 3.38. The molecule has 1 aliphatic rings. The van der Waals surface area contributed by atoms with Gasteiger partial charge in [0.2, 0.25) is 11.9 Å². The number of carbonyl (C=O) groups is 1. The van der Waals surface area contributed by atoms with Crippen LogP contribution in [0, 0.1) is 5.92 Å². The van der Waals surface area contributed by atoms with E-state index in [1.54, 1.807) is 7.05 Å². The molecule has 148 valence electrons. The van der Waals surface area contributed by atoms with E-state index in [1.807, 2.05) is 4.57 Å². The maximum Gasteiger partial charge on any atom is 0.332 e. The molecule has 0 saturated carbocycles. The zero-order valence-electron chi connectivity index (χ0n) is 16.3. The monoisotopic (exact) mass is 376 g/mol. The van der Waals surface area contributed by atoms with E-state index in [9.17, 15) is 14.4 Å². The summed E-state index contributed by atoms with van der Waals surface area (Å²) in [6.07, 6.45) is 4.39. The highest BCUT2D eigenvalue weighted by Crippen LogP contribution is 2.25. The van der Waals surface area contributed by atoms with E-state index in [0.29, 0.717) is 49.6 Å². The number of anilines is 1. The van der Waals surface area contributed by atoms with E-state index in [0.717, 1.165) is 23.8 Å². The first-order chi connectivity index (χ1) is 12.9. The van der Waals surface area contributed by atoms with Crippen molar-refractivity contribution in [2.45, 2.75) is 45.6 Å². The van der Waals surface area contributed by atoms with Gasteiger partial charge in [-0.25, -0.2) is 4.79 Å². The molecule has 9 heteroatoms. The molecule has 2 N–H and O–H groups in total. The van der Waals surface area contributed by atoms with Gasteiger partial charge < -0.3 is 15.2 Å². The first-order valence-electron chi connectivity index (χ1n) is 9.57. The van der Waals surface area contributed by atoms with E-state index < -0.39 is 0 Å². The summed E-state index contributed by atoms with van der Waals surface area (Å²) in [5.41, 5.74) is 5.60. The number of fused-ring (bicyclic) bond motifs is 1. The number of aryl methyl sites for hydroxylation is 2. The number of aromatic nitrogens is 4. The predicted octanol–water partition coefficient (Wildman–Crippen LogP) is 0.326. The molecule has 0 aromatic carbocycles. The fourth-order valence-electron chi connectivity index (χ4n) is 3.77. The molecule has 0 aliphatic carbocycles. The van der Waals surface area contributed by atoms with Gasteiger partial charge in [0.25, 0.3) is 5.56 Å². The lowest BCUT2D eigenvalue weighted by molar-refractivity contribution is -0.122. The molecule has 0 spiro atoms. The zero-order chi connectivity index (χ0) is 19.7. The van der Waals surface area contributed by atoms with Crippen LogP contribution in [0.1, 0.15) is 39.0 Å². The smallest absolute Gasteiger partial charge is 0.332 e. The molecule has 2 aromatic rings. The van der Waals surface area contributed by atoms with Crippen LogP contribution in [0.4, 0.5) is 5.95 Å². The van der Waals surface area contributed by atoms with E-state index in [4.69, 9.17) is 5.73 Å². The van der Waals surface area contributed by atoms with Crippen LogP contribution in [0.2, 0.25) is 0 Å². The first kappa shape index (κ1) is 19.2. The van der Waals surface area contributed by atoms with Crippen molar-refractivity contribution >= 4 is 23.0 Å². The Morgan fingerprint density at radius 2 is 1.81 bits per heavy atom. The molecule has 2 aromatic heterocycles. The summed E-state index contributed by atoms with van der Waals surface area (Å²) in [5.74, 6) is 0.320.